The summed E-state index contributed by atoms with van der Waals surface area (Å²) in [6, 6.07) is 0. The van der Waals surface area contributed by atoms with Gasteiger partial charge in [0.15, 0.2) is 0 Å². The third-order valence-electron chi connectivity index (χ3n) is 10.5. The minimum atomic E-state index is -0.246. The summed E-state index contributed by atoms with van der Waals surface area (Å²) in [5.41, 5.74) is 0.271. The minimum Gasteiger partial charge on any atom is -0.469 e. The molecule has 4 aliphatic carbocycles. The zero-order valence-electron chi connectivity index (χ0n) is 18.9. The SMILES string of the molecule is COC(=O)CC[C@H](C)[C@@H]1CC[C@H]2[C@@H]3CC[C@H]4C[C@H](O)CC[C@]4(C)[C@@H]3C[C@H](O)[C@@]21C. The molecule has 0 aromatic rings. The van der Waals surface area contributed by atoms with Crippen LogP contribution in [0.3, 0.4) is 0 Å². The molecule has 166 valence electrons. The number of carbonyl (C=O) groups excluding carboxylic acids is 1. The molecule has 2 N–H and O–H groups in total. The van der Waals surface area contributed by atoms with E-state index in [1.54, 1.807) is 0 Å². The second-order valence-corrected chi connectivity index (χ2v) is 11.5. The van der Waals surface area contributed by atoms with E-state index in [1.165, 1.54) is 32.8 Å². The number of rotatable bonds is 4. The Balaban J connectivity index is 1.53. The van der Waals surface area contributed by atoms with E-state index in [4.69, 9.17) is 4.74 Å². The molecule has 0 saturated heterocycles. The monoisotopic (exact) mass is 406 g/mol. The Bertz CT molecular complexity index is 620. The first-order chi connectivity index (χ1) is 13.7. The average molecular weight is 407 g/mol. The van der Waals surface area contributed by atoms with Gasteiger partial charge in [-0.3, -0.25) is 4.79 Å². The van der Waals surface area contributed by atoms with Crippen LogP contribution in [-0.4, -0.2) is 35.5 Å². The Morgan fingerprint density at radius 3 is 2.55 bits per heavy atom. The van der Waals surface area contributed by atoms with Crippen LogP contribution in [0.5, 0.6) is 0 Å². The van der Waals surface area contributed by atoms with Gasteiger partial charge in [0, 0.05) is 6.42 Å². The zero-order valence-corrected chi connectivity index (χ0v) is 18.9. The summed E-state index contributed by atoms with van der Waals surface area (Å²) in [4.78, 5) is 11.6. The summed E-state index contributed by atoms with van der Waals surface area (Å²) in [6.07, 6.45) is 9.86. The largest absolute Gasteiger partial charge is 0.469 e. The molecule has 0 bridgehead atoms. The standard InChI is InChI=1S/C25H42O4/c1-15(5-10-23(28)29-4)19-8-9-20-18-7-6-16-13-17(26)11-12-24(16,2)21(18)14-22(27)25(19,20)3/h15-22,26-27H,5-14H2,1-4H3/t15-,16-,17+,18-,19-,20-,21+,22-,24-,25+/m0/s1. The molecule has 0 heterocycles. The van der Waals surface area contributed by atoms with Crippen molar-refractivity contribution in [2.75, 3.05) is 7.11 Å². The van der Waals surface area contributed by atoms with Crippen LogP contribution in [0.2, 0.25) is 0 Å². The molecule has 0 aliphatic heterocycles. The van der Waals surface area contributed by atoms with Gasteiger partial charge in [-0.15, -0.1) is 0 Å². The maximum atomic E-state index is 11.6. The Morgan fingerprint density at radius 1 is 1.07 bits per heavy atom. The van der Waals surface area contributed by atoms with Crippen LogP contribution in [0.15, 0.2) is 0 Å². The summed E-state index contributed by atoms with van der Waals surface area (Å²) >= 11 is 0. The fraction of sp³-hybridized carbons (Fsp3) is 0.960. The fourth-order valence-electron chi connectivity index (χ4n) is 8.81. The molecule has 29 heavy (non-hydrogen) atoms. The lowest BCUT2D eigenvalue weighted by molar-refractivity contribution is -0.175. The maximum absolute atomic E-state index is 11.6. The molecule has 0 radical (unpaired) electrons. The topological polar surface area (TPSA) is 66.8 Å². The molecule has 4 aliphatic rings. The number of ether oxygens (including phenoxy) is 1. The van der Waals surface area contributed by atoms with Gasteiger partial charge in [0.05, 0.1) is 19.3 Å². The smallest absolute Gasteiger partial charge is 0.305 e. The molecule has 4 heteroatoms. The van der Waals surface area contributed by atoms with Crippen molar-refractivity contribution in [1.29, 1.82) is 0 Å². The second-order valence-electron chi connectivity index (χ2n) is 11.5. The predicted octanol–water partition coefficient (Wildman–Crippen LogP) is 4.57. The van der Waals surface area contributed by atoms with E-state index in [-0.39, 0.29) is 23.6 Å². The van der Waals surface area contributed by atoms with Crippen molar-refractivity contribution in [2.24, 2.45) is 46.3 Å². The van der Waals surface area contributed by atoms with Gasteiger partial charge >= 0.3 is 5.97 Å². The van der Waals surface area contributed by atoms with Crippen molar-refractivity contribution in [3.8, 4) is 0 Å². The second kappa shape index (κ2) is 7.82. The van der Waals surface area contributed by atoms with Gasteiger partial charge in [0.25, 0.3) is 0 Å². The van der Waals surface area contributed by atoms with Crippen molar-refractivity contribution in [3.63, 3.8) is 0 Å². The molecule has 4 rings (SSSR count). The van der Waals surface area contributed by atoms with Crippen LogP contribution in [0.1, 0.15) is 85.0 Å². The quantitative estimate of drug-likeness (QED) is 0.671. The molecule has 4 nitrogen and oxygen atoms in total. The van der Waals surface area contributed by atoms with Crippen molar-refractivity contribution in [2.45, 2.75) is 97.2 Å². The number of carbonyl (C=O) groups is 1. The highest BCUT2D eigenvalue weighted by Gasteiger charge is 2.63. The van der Waals surface area contributed by atoms with Crippen LogP contribution >= 0.6 is 0 Å². The lowest BCUT2D eigenvalue weighted by atomic mass is 9.43. The highest BCUT2D eigenvalue weighted by Crippen LogP contribution is 2.68. The number of methoxy groups -OCH3 is 1. The summed E-state index contributed by atoms with van der Waals surface area (Å²) in [5.74, 6) is 3.36. The normalized spacial score (nSPS) is 50.2. The first-order valence-corrected chi connectivity index (χ1v) is 12.1. The minimum absolute atomic E-state index is 0.0198. The first kappa shape index (κ1) is 21.6. The van der Waals surface area contributed by atoms with Gasteiger partial charge in [-0.1, -0.05) is 20.8 Å². The van der Waals surface area contributed by atoms with E-state index in [0.717, 1.165) is 38.0 Å². The van der Waals surface area contributed by atoms with Crippen molar-refractivity contribution in [3.05, 3.63) is 0 Å². The number of hydrogen-bond acceptors (Lipinski definition) is 4. The molecule has 4 fully saturated rings. The highest BCUT2D eigenvalue weighted by atomic mass is 16.5. The number of aliphatic hydroxyl groups excluding tert-OH is 2. The molecule has 4 saturated carbocycles. The van der Waals surface area contributed by atoms with Crippen LogP contribution in [-0.2, 0) is 9.53 Å². The Morgan fingerprint density at radius 2 is 1.83 bits per heavy atom. The lowest BCUT2D eigenvalue weighted by Gasteiger charge is -2.62. The number of aliphatic hydroxyl groups is 2. The lowest BCUT2D eigenvalue weighted by Crippen LogP contribution is -2.58. The number of esters is 1. The summed E-state index contributed by atoms with van der Waals surface area (Å²) in [5, 5.41) is 21.8. The van der Waals surface area contributed by atoms with Gasteiger partial charge < -0.3 is 14.9 Å². The first-order valence-electron chi connectivity index (χ1n) is 12.1. The van der Waals surface area contributed by atoms with E-state index in [2.05, 4.69) is 20.8 Å². The molecule has 0 spiro atoms. The zero-order chi connectivity index (χ0) is 21.0. The van der Waals surface area contributed by atoms with Crippen LogP contribution in [0, 0.1) is 46.3 Å². The van der Waals surface area contributed by atoms with E-state index in [1.807, 2.05) is 0 Å². The van der Waals surface area contributed by atoms with Gasteiger partial charge in [-0.2, -0.15) is 0 Å². The van der Waals surface area contributed by atoms with Crippen LogP contribution in [0.4, 0.5) is 0 Å². The van der Waals surface area contributed by atoms with E-state index in [9.17, 15) is 15.0 Å². The average Bonchev–Trinajstić information content (AvgIpc) is 3.06. The Labute approximate surface area is 176 Å². The molecule has 0 unspecified atom stereocenters. The molecule has 0 amide bonds. The summed E-state index contributed by atoms with van der Waals surface area (Å²) in [6.45, 7) is 7.12. The van der Waals surface area contributed by atoms with Gasteiger partial charge in [0.1, 0.15) is 0 Å². The van der Waals surface area contributed by atoms with Crippen molar-refractivity contribution >= 4 is 5.97 Å². The summed E-state index contributed by atoms with van der Waals surface area (Å²) < 4.78 is 4.85. The maximum Gasteiger partial charge on any atom is 0.305 e. The number of hydrogen-bond donors (Lipinski definition) is 2. The van der Waals surface area contributed by atoms with Gasteiger partial charge in [-0.05, 0) is 104 Å². The van der Waals surface area contributed by atoms with Crippen LogP contribution < -0.4 is 0 Å². The molecule has 0 aromatic carbocycles. The van der Waals surface area contributed by atoms with E-state index in [0.29, 0.717) is 41.4 Å². The molecular weight excluding hydrogens is 364 g/mol. The van der Waals surface area contributed by atoms with E-state index >= 15 is 0 Å². The van der Waals surface area contributed by atoms with Crippen LogP contribution in [0.25, 0.3) is 0 Å². The molecular formula is C25H42O4. The Hall–Kier alpha value is -0.610. The van der Waals surface area contributed by atoms with Gasteiger partial charge in [-0.25, -0.2) is 0 Å². The van der Waals surface area contributed by atoms with Crippen molar-refractivity contribution < 1.29 is 19.7 Å². The Kier molecular flexibility index (Phi) is 5.83. The third-order valence-corrected chi connectivity index (χ3v) is 10.5. The molecule has 0 aromatic heterocycles. The van der Waals surface area contributed by atoms with E-state index < -0.39 is 0 Å². The summed E-state index contributed by atoms with van der Waals surface area (Å²) in [7, 11) is 1.46. The van der Waals surface area contributed by atoms with Gasteiger partial charge in [0.2, 0.25) is 0 Å². The molecule has 10 atom stereocenters. The predicted molar refractivity (Wildman–Crippen MR) is 113 cm³/mol. The number of fused-ring (bicyclic) bond motifs is 5. The highest BCUT2D eigenvalue weighted by molar-refractivity contribution is 5.69. The third kappa shape index (κ3) is 3.37. The van der Waals surface area contributed by atoms with Crippen molar-refractivity contribution in [1.82, 2.24) is 0 Å². The fourth-order valence-corrected chi connectivity index (χ4v) is 8.81.